The van der Waals surface area contributed by atoms with Crippen molar-refractivity contribution >= 4 is 11.7 Å². The number of hydrogen-bond donors (Lipinski definition) is 2. The minimum absolute atomic E-state index is 0.235. The van der Waals surface area contributed by atoms with Gasteiger partial charge in [-0.15, -0.1) is 0 Å². The van der Waals surface area contributed by atoms with Gasteiger partial charge in [-0.25, -0.2) is 4.79 Å². The highest BCUT2D eigenvalue weighted by atomic mass is 16.5. The second-order valence-corrected chi connectivity index (χ2v) is 5.72. The fourth-order valence-corrected chi connectivity index (χ4v) is 2.73. The number of para-hydroxylation sites is 1. The second-order valence-electron chi connectivity index (χ2n) is 5.72. The van der Waals surface area contributed by atoms with Gasteiger partial charge in [0.2, 0.25) is 0 Å². The van der Waals surface area contributed by atoms with Gasteiger partial charge in [-0.1, -0.05) is 18.2 Å². The van der Waals surface area contributed by atoms with Crippen LogP contribution in [0.3, 0.4) is 0 Å². The molecule has 0 spiro atoms. The molecular weight excluding hydrogens is 328 g/mol. The van der Waals surface area contributed by atoms with Gasteiger partial charge in [-0.05, 0) is 36.8 Å². The highest BCUT2D eigenvalue weighted by molar-refractivity contribution is 5.94. The number of pyridine rings is 2. The topological polar surface area (TPSA) is 76.1 Å². The van der Waals surface area contributed by atoms with Gasteiger partial charge < -0.3 is 15.4 Å². The molecular formula is C20H20N4O2. The first-order chi connectivity index (χ1) is 12.7. The molecule has 2 N–H and O–H groups in total. The second kappa shape index (κ2) is 8.11. The Kier molecular flexibility index (Phi) is 5.43. The molecule has 0 saturated carbocycles. The van der Waals surface area contributed by atoms with Crippen molar-refractivity contribution in [3.8, 4) is 16.9 Å². The maximum absolute atomic E-state index is 12.5. The first-order valence-electron chi connectivity index (χ1n) is 8.24. The third-order valence-corrected chi connectivity index (χ3v) is 4.02. The fourth-order valence-electron chi connectivity index (χ4n) is 2.73. The summed E-state index contributed by atoms with van der Waals surface area (Å²) in [5.41, 5.74) is 3.50. The van der Waals surface area contributed by atoms with Crippen LogP contribution in [0.5, 0.6) is 5.75 Å². The normalized spacial score (nSPS) is 11.5. The number of aromatic nitrogens is 2. The zero-order valence-electron chi connectivity index (χ0n) is 14.6. The van der Waals surface area contributed by atoms with Crippen molar-refractivity contribution in [1.82, 2.24) is 15.3 Å². The minimum atomic E-state index is -0.294. The lowest BCUT2D eigenvalue weighted by Crippen LogP contribution is -2.31. The van der Waals surface area contributed by atoms with Gasteiger partial charge >= 0.3 is 6.03 Å². The number of methoxy groups -OCH3 is 1. The Morgan fingerprint density at radius 1 is 1.04 bits per heavy atom. The monoisotopic (exact) mass is 348 g/mol. The van der Waals surface area contributed by atoms with E-state index in [1.807, 2.05) is 49.4 Å². The van der Waals surface area contributed by atoms with Crippen LogP contribution in [0.1, 0.15) is 18.5 Å². The minimum Gasteiger partial charge on any atom is -0.495 e. The first-order valence-corrected chi connectivity index (χ1v) is 8.24. The molecule has 3 rings (SSSR count). The summed E-state index contributed by atoms with van der Waals surface area (Å²) in [7, 11) is 1.58. The number of amides is 2. The van der Waals surface area contributed by atoms with Crippen LogP contribution >= 0.6 is 0 Å². The van der Waals surface area contributed by atoms with E-state index in [0.717, 1.165) is 22.4 Å². The largest absolute Gasteiger partial charge is 0.495 e. The van der Waals surface area contributed by atoms with Gasteiger partial charge in [0.15, 0.2) is 0 Å². The van der Waals surface area contributed by atoms with Crippen LogP contribution in [-0.2, 0) is 0 Å². The van der Waals surface area contributed by atoms with Gasteiger partial charge in [-0.2, -0.15) is 0 Å². The number of hydrogen-bond acceptors (Lipinski definition) is 4. The number of nitrogens with zero attached hydrogens (tertiary/aromatic N) is 2. The summed E-state index contributed by atoms with van der Waals surface area (Å²) in [6.07, 6.45) is 6.75. The fraction of sp³-hybridized carbons (Fsp3) is 0.150. The van der Waals surface area contributed by atoms with E-state index in [4.69, 9.17) is 4.74 Å². The van der Waals surface area contributed by atoms with Crippen molar-refractivity contribution in [3.63, 3.8) is 0 Å². The van der Waals surface area contributed by atoms with Crippen LogP contribution in [0.4, 0.5) is 10.5 Å². The molecule has 6 nitrogen and oxygen atoms in total. The molecule has 0 bridgehead atoms. The number of carbonyl (C=O) groups excluding carboxylic acids is 1. The lowest BCUT2D eigenvalue weighted by atomic mass is 10.1. The molecule has 2 aromatic heterocycles. The third-order valence-electron chi connectivity index (χ3n) is 4.02. The highest BCUT2D eigenvalue weighted by Crippen LogP contribution is 2.28. The molecule has 3 aromatic rings. The predicted molar refractivity (Wildman–Crippen MR) is 101 cm³/mol. The molecule has 0 fully saturated rings. The summed E-state index contributed by atoms with van der Waals surface area (Å²) in [5.74, 6) is 0.637. The summed E-state index contributed by atoms with van der Waals surface area (Å²) in [6, 6.07) is 12.8. The van der Waals surface area contributed by atoms with E-state index < -0.39 is 0 Å². The SMILES string of the molecule is COc1cnccc1[C@H](C)NC(=O)Nc1ccccc1-c1ccncc1. The number of carbonyl (C=O) groups is 1. The molecule has 1 aromatic carbocycles. The molecule has 1 atom stereocenters. The Labute approximate surface area is 152 Å². The maximum Gasteiger partial charge on any atom is 0.319 e. The van der Waals surface area contributed by atoms with E-state index in [2.05, 4.69) is 20.6 Å². The van der Waals surface area contributed by atoms with Crippen molar-refractivity contribution < 1.29 is 9.53 Å². The van der Waals surface area contributed by atoms with Crippen molar-refractivity contribution in [2.75, 3.05) is 12.4 Å². The van der Waals surface area contributed by atoms with E-state index in [9.17, 15) is 4.79 Å². The van der Waals surface area contributed by atoms with E-state index in [1.165, 1.54) is 0 Å². The van der Waals surface area contributed by atoms with Gasteiger partial charge in [0.05, 0.1) is 25.0 Å². The average molecular weight is 348 g/mol. The molecule has 26 heavy (non-hydrogen) atoms. The van der Waals surface area contributed by atoms with Crippen molar-refractivity contribution in [1.29, 1.82) is 0 Å². The van der Waals surface area contributed by atoms with E-state index in [-0.39, 0.29) is 12.1 Å². The smallest absolute Gasteiger partial charge is 0.319 e. The molecule has 0 unspecified atom stereocenters. The number of ether oxygens (including phenoxy) is 1. The Hall–Kier alpha value is -3.41. The molecule has 0 saturated heterocycles. The zero-order valence-corrected chi connectivity index (χ0v) is 14.6. The molecule has 2 heterocycles. The van der Waals surface area contributed by atoms with Gasteiger partial charge in [-0.3, -0.25) is 9.97 Å². The standard InChI is InChI=1S/C20H20N4O2/c1-14(16-9-12-22-13-19(16)26-2)23-20(25)24-18-6-4-3-5-17(18)15-7-10-21-11-8-15/h3-14H,1-2H3,(H2,23,24,25)/t14-/m0/s1. The average Bonchev–Trinajstić information content (AvgIpc) is 2.69. The Morgan fingerprint density at radius 2 is 1.77 bits per heavy atom. The number of nitrogens with one attached hydrogen (secondary N) is 2. The quantitative estimate of drug-likeness (QED) is 0.730. The van der Waals surface area contributed by atoms with E-state index >= 15 is 0 Å². The van der Waals surface area contributed by atoms with Gasteiger partial charge in [0.1, 0.15) is 5.75 Å². The Morgan fingerprint density at radius 3 is 2.54 bits per heavy atom. The van der Waals surface area contributed by atoms with Crippen LogP contribution in [0, 0.1) is 0 Å². The molecule has 132 valence electrons. The number of urea groups is 1. The van der Waals surface area contributed by atoms with Crippen molar-refractivity contribution in [2.24, 2.45) is 0 Å². The summed E-state index contributed by atoms with van der Waals surface area (Å²) >= 11 is 0. The summed E-state index contributed by atoms with van der Waals surface area (Å²) < 4.78 is 5.30. The number of rotatable bonds is 5. The first kappa shape index (κ1) is 17.4. The highest BCUT2D eigenvalue weighted by Gasteiger charge is 2.15. The van der Waals surface area contributed by atoms with E-state index in [1.54, 1.807) is 31.9 Å². The molecule has 0 aliphatic heterocycles. The van der Waals surface area contributed by atoms with Crippen LogP contribution < -0.4 is 15.4 Å². The maximum atomic E-state index is 12.5. The predicted octanol–water partition coefficient (Wildman–Crippen LogP) is 4.03. The van der Waals surface area contributed by atoms with Crippen molar-refractivity contribution in [2.45, 2.75) is 13.0 Å². The summed E-state index contributed by atoms with van der Waals surface area (Å²) in [5, 5.41) is 5.85. The molecule has 2 amide bonds. The Balaban J connectivity index is 1.75. The van der Waals surface area contributed by atoms with E-state index in [0.29, 0.717) is 5.75 Å². The number of anilines is 1. The van der Waals surface area contributed by atoms with Crippen LogP contribution in [-0.4, -0.2) is 23.1 Å². The molecule has 0 radical (unpaired) electrons. The van der Waals surface area contributed by atoms with Crippen LogP contribution in [0.25, 0.3) is 11.1 Å². The lowest BCUT2D eigenvalue weighted by Gasteiger charge is -2.18. The third kappa shape index (κ3) is 3.97. The molecule has 0 aliphatic rings. The molecule has 0 aliphatic carbocycles. The van der Waals surface area contributed by atoms with Crippen LogP contribution in [0.2, 0.25) is 0 Å². The summed E-state index contributed by atoms with van der Waals surface area (Å²) in [6.45, 7) is 1.90. The van der Waals surface area contributed by atoms with Gasteiger partial charge in [0, 0.05) is 29.7 Å². The Bertz CT molecular complexity index is 884. The van der Waals surface area contributed by atoms with Crippen molar-refractivity contribution in [3.05, 3.63) is 72.8 Å². The lowest BCUT2D eigenvalue weighted by molar-refractivity contribution is 0.249. The summed E-state index contributed by atoms with van der Waals surface area (Å²) in [4.78, 5) is 20.6. The molecule has 6 heteroatoms. The number of benzene rings is 1. The van der Waals surface area contributed by atoms with Gasteiger partial charge in [0.25, 0.3) is 0 Å². The zero-order chi connectivity index (χ0) is 18.4. The van der Waals surface area contributed by atoms with Crippen LogP contribution in [0.15, 0.2) is 67.3 Å².